The minimum absolute atomic E-state index is 0.715. The van der Waals surface area contributed by atoms with Crippen molar-refractivity contribution in [3.8, 4) is 56.5 Å². The molecule has 4 aromatic heterocycles. The highest BCUT2D eigenvalue weighted by Crippen LogP contribution is 2.42. The Morgan fingerprint density at radius 2 is 0.763 bits per heavy atom. The van der Waals surface area contributed by atoms with E-state index in [0.717, 1.165) is 107 Å². The van der Waals surface area contributed by atoms with Crippen LogP contribution in [0.15, 0.2) is 321 Å². The van der Waals surface area contributed by atoms with Gasteiger partial charge in [0.15, 0.2) is 18.8 Å². The molecule has 456 valence electrons. The Bertz CT molecular complexity index is 4550. The second kappa shape index (κ2) is 32.4. The van der Waals surface area contributed by atoms with E-state index < -0.39 is 7.14 Å². The Hall–Kier alpha value is -11.4. The third-order valence-corrected chi connectivity index (χ3v) is 17.8. The van der Waals surface area contributed by atoms with E-state index in [9.17, 15) is 4.57 Å². The minimum Gasteiger partial charge on any atom is -0.309 e. The van der Waals surface area contributed by atoms with Crippen molar-refractivity contribution in [1.82, 2.24) is 44.4 Å². The molecule has 93 heavy (non-hydrogen) atoms. The lowest BCUT2D eigenvalue weighted by molar-refractivity contribution is 0.592. The summed E-state index contributed by atoms with van der Waals surface area (Å²) in [6.45, 7) is 10.6. The molecule has 0 N–H and O–H groups in total. The molecular formula is C81H72N10OP+. The highest BCUT2D eigenvalue weighted by Gasteiger charge is 2.29. The lowest BCUT2D eigenvalue weighted by Crippen LogP contribution is -2.30. The van der Waals surface area contributed by atoms with Gasteiger partial charge in [0.1, 0.15) is 29.9 Å². The van der Waals surface area contributed by atoms with Crippen LogP contribution in [0.2, 0.25) is 0 Å². The zero-order chi connectivity index (χ0) is 64.6. The van der Waals surface area contributed by atoms with Gasteiger partial charge < -0.3 is 4.57 Å². The lowest BCUT2D eigenvalue weighted by Gasteiger charge is -2.20. The van der Waals surface area contributed by atoms with E-state index in [-0.39, 0.29) is 0 Å². The smallest absolute Gasteiger partial charge is 0.236 e. The first-order valence-electron chi connectivity index (χ1n) is 30.7. The van der Waals surface area contributed by atoms with E-state index in [4.69, 9.17) is 0 Å². The summed E-state index contributed by atoms with van der Waals surface area (Å²) in [5, 5.41) is 6.09. The maximum atomic E-state index is 13.9. The topological polar surface area (TPSA) is 136 Å². The van der Waals surface area contributed by atoms with Gasteiger partial charge in [-0.25, -0.2) is 44.5 Å². The molecule has 10 aromatic carbocycles. The van der Waals surface area contributed by atoms with E-state index in [2.05, 4.69) is 105 Å². The predicted molar refractivity (Wildman–Crippen MR) is 382 cm³/mol. The number of hydrogen-bond donors (Lipinski definition) is 0. The van der Waals surface area contributed by atoms with Crippen molar-refractivity contribution in [3.63, 3.8) is 0 Å². The summed E-state index contributed by atoms with van der Waals surface area (Å²) in [6, 6.07) is 102. The normalized spacial score (nSPS) is 11.0. The lowest BCUT2D eigenvalue weighted by atomic mass is 10.1. The van der Waals surface area contributed by atoms with Crippen molar-refractivity contribution in [3.05, 3.63) is 355 Å². The fourth-order valence-electron chi connectivity index (χ4n) is 10.1. The molecule has 0 unspecified atom stereocenters. The predicted octanol–water partition coefficient (Wildman–Crippen LogP) is 15.7. The van der Waals surface area contributed by atoms with Gasteiger partial charge in [-0.15, -0.1) is 0 Å². The van der Waals surface area contributed by atoms with Gasteiger partial charge in [-0.3, -0.25) is 4.98 Å². The standard InChI is InChI=1S/C19H17OP.C17H14N2.C16H13N3.C15H12N2.C8H9N2.C6H7N/c1-16-12-14-19(15-13-16)21(20,17-8-4-2-5-9-17)18-10-6-3-7-11-18;1-13-18-16(14-8-4-2-5-9-14)12-17(19-13)15-10-6-3-7-11-15;1-12-17-15(13-8-4-2-5-9-13)19-16(18-12)14-10-6-3-7-11-14;1-11-16-14-10-6-5-9-13(14)15(17-11)12-7-3-2-4-8-12;1-10-6-9-7-4-2-3-5-8(7)10;1-6-4-2-3-5-7-6/h2-15H,1H3;2-12H,1H3;2-11H,1H3;2-10H,1H3;2-5H,6H2,1H3;2-5H,1H3/q;;;;+1;. The van der Waals surface area contributed by atoms with E-state index in [1.807, 2.05) is 295 Å². The van der Waals surface area contributed by atoms with Crippen molar-refractivity contribution in [1.29, 1.82) is 0 Å². The van der Waals surface area contributed by atoms with Crippen molar-refractivity contribution < 1.29 is 4.57 Å². The first kappa shape index (κ1) is 64.6. The van der Waals surface area contributed by atoms with Gasteiger partial charge in [-0.05, 0) is 65.0 Å². The van der Waals surface area contributed by atoms with Crippen LogP contribution in [-0.2, 0) is 4.57 Å². The molecular weight excluding hydrogens is 1160 g/mol. The van der Waals surface area contributed by atoms with Crippen LogP contribution in [0.25, 0.3) is 67.5 Å². The largest absolute Gasteiger partial charge is 0.309 e. The van der Waals surface area contributed by atoms with Gasteiger partial charge >= 0.3 is 0 Å². The number of rotatable bonds is 8. The Balaban J connectivity index is 0.000000125. The molecule has 0 saturated carbocycles. The van der Waals surface area contributed by atoms with Gasteiger partial charge in [0.25, 0.3) is 0 Å². The molecule has 0 saturated heterocycles. The highest BCUT2D eigenvalue weighted by molar-refractivity contribution is 7.85. The van der Waals surface area contributed by atoms with Crippen LogP contribution in [-0.4, -0.2) is 53.6 Å². The monoisotopic (exact) mass is 1230 g/mol. The molecule has 0 fully saturated rings. The van der Waals surface area contributed by atoms with Crippen LogP contribution >= 0.6 is 7.14 Å². The van der Waals surface area contributed by atoms with Gasteiger partial charge in [0, 0.05) is 67.1 Å². The summed E-state index contributed by atoms with van der Waals surface area (Å²) in [7, 11) is -0.745. The fraction of sp³-hybridized carbons (Fsp3) is 0.0864. The van der Waals surface area contributed by atoms with Crippen LogP contribution in [0.1, 0.15) is 28.7 Å². The quantitative estimate of drug-likeness (QED) is 0.108. The van der Waals surface area contributed by atoms with Crippen LogP contribution in [0.4, 0.5) is 0 Å². The van der Waals surface area contributed by atoms with Crippen molar-refractivity contribution >= 4 is 34.0 Å². The summed E-state index contributed by atoms with van der Waals surface area (Å²) in [6.07, 6.45) is 1.79. The van der Waals surface area contributed by atoms with Crippen LogP contribution in [0, 0.1) is 34.6 Å². The summed E-state index contributed by atoms with van der Waals surface area (Å²) in [5.74, 6) is 3.76. The van der Waals surface area contributed by atoms with Gasteiger partial charge in [-0.2, -0.15) is 0 Å². The molecule has 5 heterocycles. The second-order valence-electron chi connectivity index (χ2n) is 21.8. The van der Waals surface area contributed by atoms with E-state index in [1.165, 1.54) is 10.9 Å². The average Bonchev–Trinajstić information content (AvgIpc) is 1.64. The van der Waals surface area contributed by atoms with Crippen LogP contribution in [0.5, 0.6) is 0 Å². The molecule has 0 radical (unpaired) electrons. The Labute approximate surface area is 544 Å². The van der Waals surface area contributed by atoms with Crippen molar-refractivity contribution in [2.24, 2.45) is 4.99 Å². The molecule has 0 bridgehead atoms. The number of para-hydroxylation sites is 3. The number of nitrogens with zero attached hydrogens (tertiary/aromatic N) is 10. The molecule has 1 aliphatic heterocycles. The third-order valence-electron chi connectivity index (χ3n) is 14.7. The number of hydrogen-bond acceptors (Lipinski definition) is 10. The molecule has 14 aromatic rings. The summed E-state index contributed by atoms with van der Waals surface area (Å²) in [4.78, 5) is 39.7. The molecule has 12 heteroatoms. The summed E-state index contributed by atoms with van der Waals surface area (Å²) >= 11 is 0. The number of aryl methyl sites for hydroxylation is 5. The van der Waals surface area contributed by atoms with E-state index in [1.54, 1.807) is 6.20 Å². The molecule has 0 amide bonds. The number of aromatic nitrogens is 8. The van der Waals surface area contributed by atoms with Gasteiger partial charge in [0.05, 0.1) is 22.6 Å². The molecule has 11 nitrogen and oxygen atoms in total. The van der Waals surface area contributed by atoms with Gasteiger partial charge in [0.2, 0.25) is 12.0 Å². The Morgan fingerprint density at radius 1 is 0.355 bits per heavy atom. The summed E-state index contributed by atoms with van der Waals surface area (Å²) in [5.41, 5.74) is 11.6. The first-order valence-corrected chi connectivity index (χ1v) is 32.4. The summed E-state index contributed by atoms with van der Waals surface area (Å²) < 4.78 is 16.1. The SMILES string of the molecule is C[N+]1=c2ccccc2=NC1.Cc1ccc(P(=O)(c2ccccc2)c2ccccc2)cc1.Cc1ccccn1.Cc1nc(-c2ccccc2)c2ccccc2n1.Cc1nc(-c2ccccc2)cc(-c2ccccc2)n1.Cc1nc(-c2ccccc2)nc(-c2ccccc2)n1. The molecule has 1 aliphatic rings. The zero-order valence-electron chi connectivity index (χ0n) is 53.1. The number of fused-ring (bicyclic) bond motifs is 2. The number of pyridine rings is 1. The Morgan fingerprint density at radius 3 is 1.24 bits per heavy atom. The minimum atomic E-state index is -2.80. The van der Waals surface area contributed by atoms with E-state index in [0.29, 0.717) is 11.6 Å². The second-order valence-corrected chi connectivity index (χ2v) is 24.5. The third kappa shape index (κ3) is 17.7. The molecule has 0 atom stereocenters. The molecule has 15 rings (SSSR count). The zero-order valence-corrected chi connectivity index (χ0v) is 54.0. The van der Waals surface area contributed by atoms with Crippen molar-refractivity contribution in [2.75, 3.05) is 13.7 Å². The molecule has 0 aliphatic carbocycles. The maximum Gasteiger partial charge on any atom is 0.236 e. The highest BCUT2D eigenvalue weighted by atomic mass is 31.2. The van der Waals surface area contributed by atoms with Crippen LogP contribution in [0.3, 0.4) is 0 Å². The maximum absolute atomic E-state index is 13.9. The average molecular weight is 1230 g/mol. The first-order chi connectivity index (χ1) is 45.5. The Kier molecular flexibility index (Phi) is 22.5. The van der Waals surface area contributed by atoms with Gasteiger partial charge in [-0.1, -0.05) is 279 Å². The number of benzene rings is 10. The van der Waals surface area contributed by atoms with Crippen LogP contribution < -0.4 is 31.2 Å². The van der Waals surface area contributed by atoms with Crippen molar-refractivity contribution in [2.45, 2.75) is 34.6 Å². The van der Waals surface area contributed by atoms with E-state index >= 15 is 0 Å². The molecule has 0 spiro atoms. The fourth-order valence-corrected chi connectivity index (χ4v) is 12.8.